The van der Waals surface area contributed by atoms with Gasteiger partial charge in [0.2, 0.25) is 0 Å². The van der Waals surface area contributed by atoms with Gasteiger partial charge in [0.25, 0.3) is 0 Å². The van der Waals surface area contributed by atoms with Crippen LogP contribution in [0.2, 0.25) is 0 Å². The predicted octanol–water partition coefficient (Wildman–Crippen LogP) is 0.314. The monoisotopic (exact) mass is 255 g/mol. The van der Waals surface area contributed by atoms with E-state index >= 15 is 0 Å². The summed E-state index contributed by atoms with van der Waals surface area (Å²) in [6.45, 7) is 0.524. The smallest absolute Gasteiger partial charge is 0.151 e. The molecule has 0 radical (unpaired) electrons. The second kappa shape index (κ2) is 4.38. The quantitative estimate of drug-likeness (QED) is 0.744. The van der Waals surface area contributed by atoms with Gasteiger partial charge in [0.05, 0.1) is 18.9 Å². The van der Waals surface area contributed by atoms with Crippen LogP contribution in [0.3, 0.4) is 0 Å². The maximum atomic E-state index is 13.1. The van der Waals surface area contributed by atoms with Crippen molar-refractivity contribution in [1.82, 2.24) is 0 Å². The van der Waals surface area contributed by atoms with E-state index in [2.05, 4.69) is 0 Å². The highest BCUT2D eigenvalue weighted by molar-refractivity contribution is 5.52. The summed E-state index contributed by atoms with van der Waals surface area (Å²) >= 11 is 0. The normalized spacial score (nSPS) is 34.6. The molecule has 1 aromatic carbocycles. The fourth-order valence-electron chi connectivity index (χ4n) is 2.32. The van der Waals surface area contributed by atoms with Crippen molar-refractivity contribution in [2.45, 2.75) is 24.4 Å². The molecule has 0 aliphatic carbocycles. The number of fused-ring (bicyclic) bond motifs is 1. The van der Waals surface area contributed by atoms with E-state index in [0.717, 1.165) is 0 Å². The molecular formula is C12H14FNO4. The van der Waals surface area contributed by atoms with Gasteiger partial charge in [-0.25, -0.2) is 4.39 Å². The summed E-state index contributed by atoms with van der Waals surface area (Å²) in [5.41, 5.74) is 6.07. The molecule has 0 amide bonds. The number of halogens is 1. The first-order valence-corrected chi connectivity index (χ1v) is 5.78. The minimum atomic E-state index is -0.631. The molecule has 1 aromatic rings. The van der Waals surface area contributed by atoms with Gasteiger partial charge in [0.1, 0.15) is 29.9 Å². The minimum absolute atomic E-state index is 0.230. The van der Waals surface area contributed by atoms with E-state index in [1.54, 1.807) is 0 Å². The number of hydrogen-bond acceptors (Lipinski definition) is 5. The maximum absolute atomic E-state index is 13.1. The number of benzene rings is 1. The molecular weight excluding hydrogens is 241 g/mol. The molecule has 0 spiro atoms. The topological polar surface area (TPSA) is 73.9 Å². The van der Waals surface area contributed by atoms with Crippen LogP contribution in [0.4, 0.5) is 10.1 Å². The second-order valence-electron chi connectivity index (χ2n) is 4.50. The summed E-state index contributed by atoms with van der Waals surface area (Å²) < 4.78 is 29.6. The molecule has 3 rings (SSSR count). The van der Waals surface area contributed by atoms with Crippen LogP contribution in [0.25, 0.3) is 0 Å². The molecule has 2 heterocycles. The number of anilines is 1. The molecule has 2 aliphatic rings. The number of ether oxygens (including phenoxy) is 3. The van der Waals surface area contributed by atoms with Crippen molar-refractivity contribution >= 4 is 5.69 Å². The molecule has 0 bridgehead atoms. The summed E-state index contributed by atoms with van der Waals surface area (Å²) in [6, 6.07) is 3.95. The van der Waals surface area contributed by atoms with Gasteiger partial charge in [-0.1, -0.05) is 0 Å². The number of rotatable bonds is 2. The van der Waals surface area contributed by atoms with Gasteiger partial charge in [-0.15, -0.1) is 0 Å². The summed E-state index contributed by atoms with van der Waals surface area (Å²) in [5, 5.41) is 9.59. The van der Waals surface area contributed by atoms with Crippen molar-refractivity contribution < 1.29 is 23.7 Å². The summed E-state index contributed by atoms with van der Waals surface area (Å²) in [7, 11) is 0. The Labute approximate surface area is 103 Å². The standard InChI is InChI=1S/C12H14FNO4/c13-6-1-2-7(14)9(3-6)18-10-5-17-11-8(15)4-16-12(10)11/h1-3,8,10-12,15H,4-5,14H2/t8?,10-,11-,12-/m1/s1. The fraction of sp³-hybridized carbons (Fsp3) is 0.500. The van der Waals surface area contributed by atoms with E-state index in [4.69, 9.17) is 19.9 Å². The Bertz CT molecular complexity index is 456. The SMILES string of the molecule is Nc1ccc(F)cc1O[C@@H]1CO[C@@H]2C(O)CO[C@@H]21. The lowest BCUT2D eigenvalue weighted by Crippen LogP contribution is -2.34. The summed E-state index contributed by atoms with van der Waals surface area (Å²) in [4.78, 5) is 0. The van der Waals surface area contributed by atoms with Crippen molar-refractivity contribution in [2.24, 2.45) is 0 Å². The zero-order valence-electron chi connectivity index (χ0n) is 9.58. The number of hydrogen-bond donors (Lipinski definition) is 2. The third-order valence-electron chi connectivity index (χ3n) is 3.24. The van der Waals surface area contributed by atoms with E-state index in [9.17, 15) is 9.50 Å². The van der Waals surface area contributed by atoms with Crippen LogP contribution in [0, 0.1) is 5.82 Å². The molecule has 1 unspecified atom stereocenters. The molecule has 2 saturated heterocycles. The lowest BCUT2D eigenvalue weighted by atomic mass is 10.1. The second-order valence-corrected chi connectivity index (χ2v) is 4.50. The van der Waals surface area contributed by atoms with E-state index in [0.29, 0.717) is 12.3 Å². The summed E-state index contributed by atoms with van der Waals surface area (Å²) in [5.74, 6) is -0.142. The molecule has 98 valence electrons. The maximum Gasteiger partial charge on any atom is 0.151 e. The van der Waals surface area contributed by atoms with E-state index in [-0.39, 0.29) is 30.7 Å². The van der Waals surface area contributed by atoms with Crippen LogP contribution < -0.4 is 10.5 Å². The van der Waals surface area contributed by atoms with Crippen LogP contribution >= 0.6 is 0 Å². The highest BCUT2D eigenvalue weighted by Crippen LogP contribution is 2.32. The molecule has 2 fully saturated rings. The van der Waals surface area contributed by atoms with Crippen molar-refractivity contribution in [2.75, 3.05) is 18.9 Å². The fourth-order valence-corrected chi connectivity index (χ4v) is 2.32. The Morgan fingerprint density at radius 1 is 1.28 bits per heavy atom. The third-order valence-corrected chi connectivity index (χ3v) is 3.24. The zero-order valence-corrected chi connectivity index (χ0v) is 9.58. The number of aliphatic hydroxyl groups excluding tert-OH is 1. The Morgan fingerprint density at radius 3 is 2.89 bits per heavy atom. The molecule has 0 aromatic heterocycles. The van der Waals surface area contributed by atoms with E-state index in [1.165, 1.54) is 18.2 Å². The van der Waals surface area contributed by atoms with Crippen LogP contribution in [0.15, 0.2) is 18.2 Å². The van der Waals surface area contributed by atoms with Crippen molar-refractivity contribution in [1.29, 1.82) is 0 Å². The molecule has 0 saturated carbocycles. The first-order valence-electron chi connectivity index (χ1n) is 5.78. The molecule has 18 heavy (non-hydrogen) atoms. The highest BCUT2D eigenvalue weighted by atomic mass is 19.1. The van der Waals surface area contributed by atoms with Crippen molar-refractivity contribution in [3.8, 4) is 5.75 Å². The Morgan fingerprint density at radius 2 is 2.06 bits per heavy atom. The average molecular weight is 255 g/mol. The van der Waals surface area contributed by atoms with Crippen LogP contribution in [-0.2, 0) is 9.47 Å². The molecule has 5 nitrogen and oxygen atoms in total. The lowest BCUT2D eigenvalue weighted by molar-refractivity contribution is 0.00871. The van der Waals surface area contributed by atoms with E-state index in [1.807, 2.05) is 0 Å². The predicted molar refractivity (Wildman–Crippen MR) is 60.7 cm³/mol. The van der Waals surface area contributed by atoms with Crippen molar-refractivity contribution in [3.05, 3.63) is 24.0 Å². The van der Waals surface area contributed by atoms with Gasteiger partial charge in [0.15, 0.2) is 6.10 Å². The van der Waals surface area contributed by atoms with Gasteiger partial charge < -0.3 is 25.1 Å². The van der Waals surface area contributed by atoms with Gasteiger partial charge in [-0.05, 0) is 12.1 Å². The molecule has 2 aliphatic heterocycles. The van der Waals surface area contributed by atoms with Crippen LogP contribution in [-0.4, -0.2) is 42.7 Å². The van der Waals surface area contributed by atoms with Gasteiger partial charge in [0, 0.05) is 6.07 Å². The lowest BCUT2D eigenvalue weighted by Gasteiger charge is -2.18. The van der Waals surface area contributed by atoms with Crippen molar-refractivity contribution in [3.63, 3.8) is 0 Å². The first kappa shape index (κ1) is 11.7. The Kier molecular flexibility index (Phi) is 2.85. The number of nitrogens with two attached hydrogens (primary N) is 1. The van der Waals surface area contributed by atoms with Gasteiger partial charge in [-0.3, -0.25) is 0 Å². The molecule has 6 heteroatoms. The Balaban J connectivity index is 1.75. The van der Waals surface area contributed by atoms with Crippen LogP contribution in [0.5, 0.6) is 5.75 Å². The minimum Gasteiger partial charge on any atom is -0.483 e. The van der Waals surface area contributed by atoms with Crippen LogP contribution in [0.1, 0.15) is 0 Å². The van der Waals surface area contributed by atoms with Gasteiger partial charge in [-0.2, -0.15) is 0 Å². The molecule has 4 atom stereocenters. The number of nitrogen functional groups attached to an aromatic ring is 1. The molecule has 3 N–H and O–H groups in total. The van der Waals surface area contributed by atoms with Gasteiger partial charge >= 0.3 is 0 Å². The third kappa shape index (κ3) is 1.92. The first-order chi connectivity index (χ1) is 8.65. The Hall–Kier alpha value is -1.37. The largest absolute Gasteiger partial charge is 0.483 e. The number of aliphatic hydroxyl groups is 1. The zero-order chi connectivity index (χ0) is 12.7. The van der Waals surface area contributed by atoms with E-state index < -0.39 is 11.9 Å². The average Bonchev–Trinajstić information content (AvgIpc) is 2.89. The summed E-state index contributed by atoms with van der Waals surface area (Å²) in [6.07, 6.45) is -1.71. The highest BCUT2D eigenvalue weighted by Gasteiger charge is 2.48.